The van der Waals surface area contributed by atoms with Crippen molar-refractivity contribution in [3.63, 3.8) is 0 Å². The van der Waals surface area contributed by atoms with E-state index in [1.165, 1.54) is 20.5 Å². The standard InChI is InChI=1S/C17H28N2O4S2/c1-12-10-15(13(2)24-12)25(21,22)19-9-7-8-14(11-19)18(6)16(20)23-17(3,4)5/h10,14H,7-9,11H2,1-6H3/t14-/m1/s1. The summed E-state index contributed by atoms with van der Waals surface area (Å²) in [6.45, 7) is 9.97. The molecular formula is C17H28N2O4S2. The maximum absolute atomic E-state index is 13.0. The molecule has 1 aromatic rings. The number of piperidine rings is 1. The highest BCUT2D eigenvalue weighted by atomic mass is 32.2. The first-order valence-electron chi connectivity index (χ1n) is 8.45. The third-order valence-electron chi connectivity index (χ3n) is 4.20. The summed E-state index contributed by atoms with van der Waals surface area (Å²) in [5.74, 6) is 0. The predicted octanol–water partition coefficient (Wildman–Crippen LogP) is 3.38. The third-order valence-corrected chi connectivity index (χ3v) is 7.29. The van der Waals surface area contributed by atoms with Gasteiger partial charge in [-0.15, -0.1) is 11.3 Å². The first-order valence-corrected chi connectivity index (χ1v) is 10.7. The highest BCUT2D eigenvalue weighted by Crippen LogP contribution is 2.30. The monoisotopic (exact) mass is 388 g/mol. The molecule has 1 aliphatic heterocycles. The van der Waals surface area contributed by atoms with Crippen molar-refractivity contribution in [3.8, 4) is 0 Å². The lowest BCUT2D eigenvalue weighted by molar-refractivity contribution is 0.0173. The molecule has 0 unspecified atom stereocenters. The van der Waals surface area contributed by atoms with Crippen LogP contribution in [0.25, 0.3) is 0 Å². The zero-order valence-electron chi connectivity index (χ0n) is 15.8. The average molecular weight is 389 g/mol. The van der Waals surface area contributed by atoms with Gasteiger partial charge < -0.3 is 9.64 Å². The Labute approximate surface area is 154 Å². The number of carbonyl (C=O) groups is 1. The molecule has 25 heavy (non-hydrogen) atoms. The van der Waals surface area contributed by atoms with Crippen LogP contribution in [0.2, 0.25) is 0 Å². The lowest BCUT2D eigenvalue weighted by Gasteiger charge is -2.37. The van der Waals surface area contributed by atoms with Gasteiger partial charge in [-0.2, -0.15) is 4.31 Å². The molecule has 0 saturated carbocycles. The van der Waals surface area contributed by atoms with E-state index >= 15 is 0 Å². The van der Waals surface area contributed by atoms with Crippen molar-refractivity contribution in [2.24, 2.45) is 0 Å². The van der Waals surface area contributed by atoms with Crippen LogP contribution in [0, 0.1) is 13.8 Å². The summed E-state index contributed by atoms with van der Waals surface area (Å²) in [5, 5.41) is 0. The molecule has 1 fully saturated rings. The molecule has 0 bridgehead atoms. The number of aryl methyl sites for hydroxylation is 2. The van der Waals surface area contributed by atoms with E-state index in [0.29, 0.717) is 18.0 Å². The van der Waals surface area contributed by atoms with Crippen LogP contribution in [0.15, 0.2) is 11.0 Å². The number of nitrogens with zero attached hydrogens (tertiary/aromatic N) is 2. The third kappa shape index (κ3) is 4.74. The van der Waals surface area contributed by atoms with Crippen molar-refractivity contribution in [2.75, 3.05) is 20.1 Å². The molecule has 2 rings (SSSR count). The molecule has 1 aliphatic rings. The Balaban J connectivity index is 2.15. The fourth-order valence-corrected chi connectivity index (χ4v) is 5.98. The maximum atomic E-state index is 13.0. The van der Waals surface area contributed by atoms with Gasteiger partial charge in [0.25, 0.3) is 0 Å². The summed E-state index contributed by atoms with van der Waals surface area (Å²) in [6.07, 6.45) is 1.07. The van der Waals surface area contributed by atoms with Crippen molar-refractivity contribution >= 4 is 27.5 Å². The number of hydrogen-bond acceptors (Lipinski definition) is 5. The molecular weight excluding hydrogens is 360 g/mol. The molecule has 6 nitrogen and oxygen atoms in total. The maximum Gasteiger partial charge on any atom is 0.410 e. The minimum atomic E-state index is -3.53. The Morgan fingerprint density at radius 1 is 1.36 bits per heavy atom. The quantitative estimate of drug-likeness (QED) is 0.796. The highest BCUT2D eigenvalue weighted by Gasteiger charge is 2.35. The molecule has 1 atom stereocenters. The number of likely N-dealkylation sites (N-methyl/N-ethyl adjacent to an activating group) is 1. The molecule has 0 aliphatic carbocycles. The van der Waals surface area contributed by atoms with Gasteiger partial charge in [0.1, 0.15) is 5.60 Å². The number of thiophene rings is 1. The lowest BCUT2D eigenvalue weighted by atomic mass is 10.1. The van der Waals surface area contributed by atoms with Crippen LogP contribution in [0.4, 0.5) is 4.79 Å². The second-order valence-corrected chi connectivity index (χ2v) is 10.9. The van der Waals surface area contributed by atoms with Crippen LogP contribution in [0.3, 0.4) is 0 Å². The first kappa shape index (κ1) is 20.2. The zero-order valence-corrected chi connectivity index (χ0v) is 17.5. The van der Waals surface area contributed by atoms with Crippen LogP contribution >= 0.6 is 11.3 Å². The Bertz CT molecular complexity index is 734. The summed E-state index contributed by atoms with van der Waals surface area (Å²) in [6, 6.07) is 1.55. The molecule has 1 saturated heterocycles. The Morgan fingerprint density at radius 2 is 2.00 bits per heavy atom. The number of amides is 1. The SMILES string of the molecule is Cc1cc(S(=O)(=O)N2CCC[C@@H](N(C)C(=O)OC(C)(C)C)C2)c(C)s1. The van der Waals surface area contributed by atoms with Gasteiger partial charge in [-0.05, 0) is 53.5 Å². The van der Waals surface area contributed by atoms with Gasteiger partial charge in [0, 0.05) is 35.9 Å². The summed E-state index contributed by atoms with van der Waals surface area (Å²) in [5.41, 5.74) is -0.572. The van der Waals surface area contributed by atoms with Crippen LogP contribution in [0.1, 0.15) is 43.4 Å². The predicted molar refractivity (Wildman–Crippen MR) is 99.6 cm³/mol. The molecule has 8 heteroatoms. The van der Waals surface area contributed by atoms with E-state index < -0.39 is 21.7 Å². The van der Waals surface area contributed by atoms with Crippen LogP contribution in [0.5, 0.6) is 0 Å². The smallest absolute Gasteiger partial charge is 0.410 e. The second-order valence-electron chi connectivity index (χ2n) is 7.53. The summed E-state index contributed by atoms with van der Waals surface area (Å²) >= 11 is 1.49. The molecule has 0 N–H and O–H groups in total. The number of sulfonamides is 1. The molecule has 0 spiro atoms. The van der Waals surface area contributed by atoms with Crippen molar-refractivity contribution in [2.45, 2.75) is 64.0 Å². The zero-order chi connectivity index (χ0) is 19.0. The number of carbonyl (C=O) groups excluding carboxylic acids is 1. The fourth-order valence-electron chi connectivity index (χ4n) is 2.94. The van der Waals surface area contributed by atoms with Crippen LogP contribution in [-0.4, -0.2) is 55.5 Å². The van der Waals surface area contributed by atoms with E-state index in [2.05, 4.69) is 0 Å². The van der Waals surface area contributed by atoms with Gasteiger partial charge in [-0.1, -0.05) is 0 Å². The topological polar surface area (TPSA) is 66.9 Å². The van der Waals surface area contributed by atoms with Crippen molar-refractivity contribution < 1.29 is 17.9 Å². The molecule has 142 valence electrons. The van der Waals surface area contributed by atoms with Crippen LogP contribution in [-0.2, 0) is 14.8 Å². The fraction of sp³-hybridized carbons (Fsp3) is 0.706. The van der Waals surface area contributed by atoms with Gasteiger partial charge in [0.15, 0.2) is 0 Å². The second kappa shape index (κ2) is 7.25. The van der Waals surface area contributed by atoms with Crippen molar-refractivity contribution in [1.82, 2.24) is 9.21 Å². The lowest BCUT2D eigenvalue weighted by Crippen LogP contribution is -2.51. The molecule has 1 amide bonds. The van der Waals surface area contributed by atoms with Gasteiger partial charge in [-0.25, -0.2) is 13.2 Å². The largest absolute Gasteiger partial charge is 0.444 e. The van der Waals surface area contributed by atoms with E-state index in [-0.39, 0.29) is 6.04 Å². The summed E-state index contributed by atoms with van der Waals surface area (Å²) in [4.78, 5) is 16.0. The highest BCUT2D eigenvalue weighted by molar-refractivity contribution is 7.89. The summed E-state index contributed by atoms with van der Waals surface area (Å²) in [7, 11) is -1.86. The van der Waals surface area contributed by atoms with E-state index in [4.69, 9.17) is 4.74 Å². The van der Waals surface area contributed by atoms with Gasteiger partial charge in [-0.3, -0.25) is 0 Å². The minimum absolute atomic E-state index is 0.182. The Morgan fingerprint density at radius 3 is 2.52 bits per heavy atom. The van der Waals surface area contributed by atoms with E-state index in [1.54, 1.807) is 13.1 Å². The summed E-state index contributed by atoms with van der Waals surface area (Å²) < 4.78 is 32.9. The van der Waals surface area contributed by atoms with Gasteiger partial charge >= 0.3 is 6.09 Å². The average Bonchev–Trinajstić information content (AvgIpc) is 2.84. The van der Waals surface area contributed by atoms with E-state index in [0.717, 1.165) is 22.6 Å². The molecule has 1 aromatic heterocycles. The Kier molecular flexibility index (Phi) is 5.85. The van der Waals surface area contributed by atoms with Crippen molar-refractivity contribution in [1.29, 1.82) is 0 Å². The molecule has 2 heterocycles. The number of rotatable bonds is 3. The van der Waals surface area contributed by atoms with E-state index in [1.807, 2.05) is 34.6 Å². The number of ether oxygens (including phenoxy) is 1. The van der Waals surface area contributed by atoms with E-state index in [9.17, 15) is 13.2 Å². The van der Waals surface area contributed by atoms with Crippen LogP contribution < -0.4 is 0 Å². The first-order chi connectivity index (χ1) is 11.4. The number of hydrogen-bond donors (Lipinski definition) is 0. The minimum Gasteiger partial charge on any atom is -0.444 e. The Hall–Kier alpha value is -1.12. The van der Waals surface area contributed by atoms with Gasteiger partial charge in [0.2, 0.25) is 10.0 Å². The molecule has 0 aromatic carbocycles. The van der Waals surface area contributed by atoms with Gasteiger partial charge in [0.05, 0.1) is 4.90 Å². The van der Waals surface area contributed by atoms with Crippen molar-refractivity contribution in [3.05, 3.63) is 15.8 Å². The normalized spacial score (nSPS) is 19.7. The molecule has 0 radical (unpaired) electrons.